The average Bonchev–Trinajstić information content (AvgIpc) is 3.02. The van der Waals surface area contributed by atoms with Gasteiger partial charge in [0.15, 0.2) is 6.71 Å². The van der Waals surface area contributed by atoms with Gasteiger partial charge in [0.1, 0.15) is 0 Å². The molecule has 1 spiro atoms. The molecule has 4 nitrogen and oxygen atoms in total. The van der Waals surface area contributed by atoms with Crippen LogP contribution in [0.3, 0.4) is 0 Å². The molecule has 5 saturated heterocycles. The Morgan fingerprint density at radius 3 is 1.72 bits per heavy atom. The summed E-state index contributed by atoms with van der Waals surface area (Å²) in [4.78, 5) is 3.15. The smallest absolute Gasteiger partial charge is 0.167 e. The maximum absolute atomic E-state index is 4.38. The molecule has 0 aromatic rings. The van der Waals surface area contributed by atoms with Gasteiger partial charge in [-0.25, -0.2) is 0 Å². The molecule has 0 radical (unpaired) electrons. The minimum atomic E-state index is 0.551. The zero-order chi connectivity index (χ0) is 25.8. The van der Waals surface area contributed by atoms with Crippen molar-refractivity contribution in [2.45, 2.75) is 164 Å². The van der Waals surface area contributed by atoms with Gasteiger partial charge < -0.3 is 16.0 Å². The Kier molecular flexibility index (Phi) is 7.62. The number of piperidine rings is 4. The van der Waals surface area contributed by atoms with E-state index in [0.29, 0.717) is 17.7 Å². The van der Waals surface area contributed by atoms with E-state index in [4.69, 9.17) is 0 Å². The fraction of sp³-hybridized carbons (Fsp3) is 1.00. The molecule has 3 aliphatic carbocycles. The summed E-state index contributed by atoms with van der Waals surface area (Å²) in [5.41, 5.74) is 0.551. The van der Waals surface area contributed by atoms with Gasteiger partial charge in [-0.2, -0.15) is 0 Å². The summed E-state index contributed by atoms with van der Waals surface area (Å²) in [7, 11) is 0. The summed E-state index contributed by atoms with van der Waals surface area (Å²) in [5.74, 6) is 6.49. The Morgan fingerprint density at radius 2 is 1.03 bits per heavy atom. The standard InChI is InChI=1S/C34H59BN4/c1-3-12-24(13-4-1)35-30-20-8-7-16-26(30)34(27-17-9-21-36-31(27)35)28-18-10-22-37-32(28)39(25-14-5-2-6-15-25)33-29(34)19-11-23-38-33/h24-33,36-38H,1-23H2. The van der Waals surface area contributed by atoms with E-state index in [-0.39, 0.29) is 0 Å². The number of nitrogens with zero attached hydrogens (tertiary/aromatic N) is 1. The Bertz CT molecular complexity index is 720. The normalized spacial score (nSPS) is 48.2. The third-order valence-corrected chi connectivity index (χ3v) is 14.5. The van der Waals surface area contributed by atoms with Crippen molar-refractivity contribution in [1.29, 1.82) is 0 Å². The largest absolute Gasteiger partial charge is 0.321 e. The Labute approximate surface area is 240 Å². The van der Waals surface area contributed by atoms with Crippen LogP contribution < -0.4 is 16.0 Å². The highest BCUT2D eigenvalue weighted by Gasteiger charge is 2.71. The molecule has 8 fully saturated rings. The first-order chi connectivity index (χ1) is 19.4. The molecule has 0 aromatic heterocycles. The SMILES string of the molecule is C1CCC(B2C3CCCCC3C3(C4CCCNC24)C2CCCNC2N(C2CCCCC2)C2NCCCC23)CC1. The predicted octanol–water partition coefficient (Wildman–Crippen LogP) is 6.58. The topological polar surface area (TPSA) is 39.3 Å². The van der Waals surface area contributed by atoms with Gasteiger partial charge in [-0.15, -0.1) is 0 Å². The molecule has 0 amide bonds. The van der Waals surface area contributed by atoms with Crippen molar-refractivity contribution in [1.82, 2.24) is 20.9 Å². The highest BCUT2D eigenvalue weighted by molar-refractivity contribution is 6.64. The quantitative estimate of drug-likeness (QED) is 0.350. The average molecular weight is 535 g/mol. The highest BCUT2D eigenvalue weighted by atomic mass is 15.4. The van der Waals surface area contributed by atoms with E-state index in [0.717, 1.165) is 54.0 Å². The minimum absolute atomic E-state index is 0.551. The summed E-state index contributed by atoms with van der Waals surface area (Å²) in [6.45, 7) is 4.78. The van der Waals surface area contributed by atoms with E-state index in [9.17, 15) is 0 Å². The summed E-state index contributed by atoms with van der Waals surface area (Å²) in [6.07, 6.45) is 31.1. The monoisotopic (exact) mass is 534 g/mol. The number of hydrogen-bond acceptors (Lipinski definition) is 4. The van der Waals surface area contributed by atoms with Crippen LogP contribution in [-0.4, -0.2) is 55.6 Å². The number of nitrogens with one attached hydrogen (secondary N) is 3. The lowest BCUT2D eigenvalue weighted by Gasteiger charge is -2.74. The lowest BCUT2D eigenvalue weighted by Crippen LogP contribution is -2.81. The van der Waals surface area contributed by atoms with Gasteiger partial charge >= 0.3 is 0 Å². The van der Waals surface area contributed by atoms with E-state index < -0.39 is 0 Å². The van der Waals surface area contributed by atoms with Gasteiger partial charge in [-0.3, -0.25) is 4.90 Å². The summed E-state index contributed by atoms with van der Waals surface area (Å²) >= 11 is 0. The molecule has 5 heteroatoms. The van der Waals surface area contributed by atoms with E-state index in [2.05, 4.69) is 20.9 Å². The van der Waals surface area contributed by atoms with Gasteiger partial charge in [0.2, 0.25) is 0 Å². The molecule has 0 aromatic carbocycles. The van der Waals surface area contributed by atoms with E-state index in [1.165, 1.54) is 122 Å². The molecular weight excluding hydrogens is 475 g/mol. The lowest BCUT2D eigenvalue weighted by molar-refractivity contribution is -0.225. The van der Waals surface area contributed by atoms with E-state index in [1.807, 2.05) is 0 Å². The first-order valence-electron chi connectivity index (χ1n) is 18.4. The fourth-order valence-electron chi connectivity index (χ4n) is 13.6. The minimum Gasteiger partial charge on any atom is -0.321 e. The number of hydrogen-bond donors (Lipinski definition) is 3. The predicted molar refractivity (Wildman–Crippen MR) is 163 cm³/mol. The molecule has 3 saturated carbocycles. The third-order valence-electron chi connectivity index (χ3n) is 14.5. The van der Waals surface area contributed by atoms with Gasteiger partial charge in [0.05, 0.1) is 12.3 Å². The van der Waals surface area contributed by atoms with E-state index >= 15 is 0 Å². The third kappa shape index (κ3) is 4.20. The van der Waals surface area contributed by atoms with Crippen molar-refractivity contribution < 1.29 is 0 Å². The van der Waals surface area contributed by atoms with Gasteiger partial charge in [-0.1, -0.05) is 88.7 Å². The molecular formula is C34H59BN4. The Balaban J connectivity index is 1.26. The second kappa shape index (κ2) is 11.2. The second-order valence-electron chi connectivity index (χ2n) is 15.8. The van der Waals surface area contributed by atoms with Crippen LogP contribution in [0.4, 0.5) is 0 Å². The van der Waals surface area contributed by atoms with Crippen LogP contribution >= 0.6 is 0 Å². The van der Waals surface area contributed by atoms with Crippen LogP contribution in [0.25, 0.3) is 0 Å². The molecule has 0 bridgehead atoms. The van der Waals surface area contributed by atoms with Crippen LogP contribution in [0.1, 0.15) is 128 Å². The second-order valence-corrected chi connectivity index (χ2v) is 15.8. The van der Waals surface area contributed by atoms with Crippen LogP contribution in [0.2, 0.25) is 11.6 Å². The number of fused-ring (bicyclic) bond motifs is 8. The summed E-state index contributed by atoms with van der Waals surface area (Å²) in [5, 5.41) is 13.0. The molecule has 218 valence electrons. The van der Waals surface area contributed by atoms with Crippen molar-refractivity contribution in [3.8, 4) is 0 Å². The molecule has 3 N–H and O–H groups in total. The molecule has 8 atom stereocenters. The lowest BCUT2D eigenvalue weighted by atomic mass is 9.17. The van der Waals surface area contributed by atoms with Gasteiger partial charge in [0.25, 0.3) is 0 Å². The van der Waals surface area contributed by atoms with Crippen LogP contribution in [0.15, 0.2) is 0 Å². The van der Waals surface area contributed by atoms with Gasteiger partial charge in [0, 0.05) is 6.04 Å². The first-order valence-corrected chi connectivity index (χ1v) is 18.4. The highest BCUT2D eigenvalue weighted by Crippen LogP contribution is 2.70. The Morgan fingerprint density at radius 1 is 0.487 bits per heavy atom. The Hall–Kier alpha value is -0.0951. The molecule has 8 unspecified atom stereocenters. The molecule has 5 heterocycles. The molecule has 39 heavy (non-hydrogen) atoms. The van der Waals surface area contributed by atoms with Gasteiger partial charge in [-0.05, 0) is 106 Å². The van der Waals surface area contributed by atoms with Crippen molar-refractivity contribution in [2.24, 2.45) is 29.1 Å². The zero-order valence-corrected chi connectivity index (χ0v) is 25.1. The van der Waals surface area contributed by atoms with Crippen molar-refractivity contribution in [3.63, 3.8) is 0 Å². The maximum atomic E-state index is 4.38. The zero-order valence-electron chi connectivity index (χ0n) is 25.1. The number of likely N-dealkylation sites (tertiary alicyclic amines) is 1. The van der Waals surface area contributed by atoms with Crippen LogP contribution in [-0.2, 0) is 0 Å². The molecule has 5 aliphatic heterocycles. The fourth-order valence-corrected chi connectivity index (χ4v) is 13.6. The maximum Gasteiger partial charge on any atom is 0.167 e. The summed E-state index contributed by atoms with van der Waals surface area (Å²) in [6, 6.07) is 0.813. The van der Waals surface area contributed by atoms with Crippen LogP contribution in [0, 0.1) is 29.1 Å². The molecule has 8 rings (SSSR count). The molecule has 8 aliphatic rings. The van der Waals surface area contributed by atoms with E-state index in [1.54, 1.807) is 25.7 Å². The van der Waals surface area contributed by atoms with Crippen LogP contribution in [0.5, 0.6) is 0 Å². The van der Waals surface area contributed by atoms with Crippen molar-refractivity contribution in [2.75, 3.05) is 19.6 Å². The number of rotatable bonds is 2. The summed E-state index contributed by atoms with van der Waals surface area (Å²) < 4.78 is 0. The first kappa shape index (κ1) is 26.5. The van der Waals surface area contributed by atoms with Crippen molar-refractivity contribution >= 4 is 6.71 Å². The van der Waals surface area contributed by atoms with Crippen molar-refractivity contribution in [3.05, 3.63) is 0 Å².